The number of thiazole rings is 1. The van der Waals surface area contributed by atoms with Crippen molar-refractivity contribution < 1.29 is 14.3 Å². The van der Waals surface area contributed by atoms with Crippen molar-refractivity contribution >= 4 is 33.3 Å². The topological polar surface area (TPSA) is 105 Å². The minimum absolute atomic E-state index is 0.306. The predicted octanol–water partition coefficient (Wildman–Crippen LogP) is 2.41. The molecule has 0 aliphatic carbocycles. The lowest BCUT2D eigenvalue weighted by molar-refractivity contribution is 0.0692. The van der Waals surface area contributed by atoms with Gasteiger partial charge in [0.15, 0.2) is 5.82 Å². The summed E-state index contributed by atoms with van der Waals surface area (Å²) >= 11 is 1.24. The van der Waals surface area contributed by atoms with Gasteiger partial charge in [-0.2, -0.15) is 5.10 Å². The Hall–Kier alpha value is -2.48. The monoisotopic (exact) mass is 292 g/mol. The molecule has 0 saturated carbocycles. The molecular formula is C12H9FN4O2S. The lowest BCUT2D eigenvalue weighted by Crippen LogP contribution is -1.99. The summed E-state index contributed by atoms with van der Waals surface area (Å²) in [6, 6.07) is 2.39. The van der Waals surface area contributed by atoms with E-state index in [4.69, 9.17) is 10.8 Å². The molecule has 0 amide bonds. The molecule has 3 aromatic rings. The molecule has 0 aliphatic rings. The van der Waals surface area contributed by atoms with Crippen LogP contribution in [0.4, 0.5) is 10.2 Å². The highest BCUT2D eigenvalue weighted by atomic mass is 32.1. The number of hydrogen-bond acceptors (Lipinski definition) is 5. The average molecular weight is 292 g/mol. The second kappa shape index (κ2) is 4.27. The summed E-state index contributed by atoms with van der Waals surface area (Å²) in [5, 5.41) is 16.1. The first-order valence-electron chi connectivity index (χ1n) is 5.61. The molecule has 8 heteroatoms. The molecule has 3 rings (SSSR count). The number of aromatic carboxylic acids is 1. The van der Waals surface area contributed by atoms with E-state index in [2.05, 4.69) is 15.2 Å². The van der Waals surface area contributed by atoms with Gasteiger partial charge in [-0.25, -0.2) is 14.2 Å². The summed E-state index contributed by atoms with van der Waals surface area (Å²) in [6.45, 7) is 1.80. The van der Waals surface area contributed by atoms with Crippen LogP contribution in [-0.4, -0.2) is 26.3 Å². The van der Waals surface area contributed by atoms with Crippen LogP contribution in [0.25, 0.3) is 20.8 Å². The Bertz CT molecular complexity index is 820. The van der Waals surface area contributed by atoms with Gasteiger partial charge < -0.3 is 10.8 Å². The first-order chi connectivity index (χ1) is 9.47. The van der Waals surface area contributed by atoms with Gasteiger partial charge in [0, 0.05) is 11.8 Å². The van der Waals surface area contributed by atoms with Crippen molar-refractivity contribution in [1.29, 1.82) is 0 Å². The standard InChI is InChI=1S/C12H9FN4O2S/c1-4-9(10(14)17-16-4)11-15-7-3-6(13)5(12(18)19)2-8(7)20-11/h2-3H,1H3,(H,18,19)(H3,14,16,17). The molecule has 4 N–H and O–H groups in total. The van der Waals surface area contributed by atoms with Crippen molar-refractivity contribution in [2.24, 2.45) is 0 Å². The van der Waals surface area contributed by atoms with Crippen molar-refractivity contribution in [2.45, 2.75) is 6.92 Å². The molecule has 6 nitrogen and oxygen atoms in total. The third kappa shape index (κ3) is 1.81. The van der Waals surface area contributed by atoms with Crippen LogP contribution in [0.15, 0.2) is 12.1 Å². The summed E-state index contributed by atoms with van der Waals surface area (Å²) < 4.78 is 14.2. The normalized spacial score (nSPS) is 11.1. The van der Waals surface area contributed by atoms with Crippen LogP contribution in [-0.2, 0) is 0 Å². The number of nitrogens with one attached hydrogen (secondary N) is 1. The van der Waals surface area contributed by atoms with E-state index in [-0.39, 0.29) is 5.56 Å². The number of aromatic amines is 1. The number of fused-ring (bicyclic) bond motifs is 1. The van der Waals surface area contributed by atoms with E-state index in [0.717, 1.165) is 11.8 Å². The van der Waals surface area contributed by atoms with Crippen LogP contribution >= 0.6 is 11.3 Å². The number of benzene rings is 1. The highest BCUT2D eigenvalue weighted by molar-refractivity contribution is 7.21. The number of carboxylic acid groups (broad SMARTS) is 1. The van der Waals surface area contributed by atoms with Gasteiger partial charge >= 0.3 is 5.97 Å². The zero-order chi connectivity index (χ0) is 14.4. The molecule has 2 aromatic heterocycles. The second-order valence-electron chi connectivity index (χ2n) is 4.23. The third-order valence-corrected chi connectivity index (χ3v) is 3.93. The van der Waals surface area contributed by atoms with Crippen LogP contribution in [0.5, 0.6) is 0 Å². The molecule has 20 heavy (non-hydrogen) atoms. The summed E-state index contributed by atoms with van der Waals surface area (Å²) in [4.78, 5) is 15.2. The molecule has 0 bridgehead atoms. The first kappa shape index (κ1) is 12.5. The van der Waals surface area contributed by atoms with Crippen LogP contribution < -0.4 is 5.73 Å². The maximum atomic E-state index is 13.6. The molecule has 0 spiro atoms. The molecule has 1 aromatic carbocycles. The number of carboxylic acids is 1. The van der Waals surface area contributed by atoms with Crippen molar-refractivity contribution in [3.05, 3.63) is 29.2 Å². The Morgan fingerprint density at radius 1 is 1.50 bits per heavy atom. The molecule has 0 aliphatic heterocycles. The number of aromatic nitrogens is 3. The Morgan fingerprint density at radius 2 is 2.25 bits per heavy atom. The molecular weight excluding hydrogens is 283 g/mol. The maximum absolute atomic E-state index is 13.6. The summed E-state index contributed by atoms with van der Waals surface area (Å²) in [5.74, 6) is -1.81. The van der Waals surface area contributed by atoms with E-state index in [0.29, 0.717) is 26.6 Å². The Balaban J connectivity index is 2.24. The van der Waals surface area contributed by atoms with E-state index in [9.17, 15) is 9.18 Å². The molecule has 0 radical (unpaired) electrons. The van der Waals surface area contributed by atoms with Crippen LogP contribution in [0.1, 0.15) is 16.1 Å². The van der Waals surface area contributed by atoms with Gasteiger partial charge in [0.25, 0.3) is 0 Å². The first-order valence-corrected chi connectivity index (χ1v) is 6.43. The number of nitrogens with zero attached hydrogens (tertiary/aromatic N) is 2. The number of hydrogen-bond donors (Lipinski definition) is 3. The van der Waals surface area contributed by atoms with Crippen molar-refractivity contribution in [1.82, 2.24) is 15.2 Å². The highest BCUT2D eigenvalue weighted by Crippen LogP contribution is 2.35. The Labute approximate surface area is 116 Å². The van der Waals surface area contributed by atoms with Crippen molar-refractivity contribution in [3.63, 3.8) is 0 Å². The number of H-pyrrole nitrogens is 1. The minimum atomic E-state index is -1.31. The molecule has 102 valence electrons. The minimum Gasteiger partial charge on any atom is -0.478 e. The number of nitrogens with two attached hydrogens (primary N) is 1. The number of rotatable bonds is 2. The zero-order valence-electron chi connectivity index (χ0n) is 10.3. The fourth-order valence-corrected chi connectivity index (χ4v) is 3.04. The van der Waals surface area contributed by atoms with Gasteiger partial charge in [-0.3, -0.25) is 5.10 Å². The van der Waals surface area contributed by atoms with Crippen LogP contribution in [0, 0.1) is 12.7 Å². The van der Waals surface area contributed by atoms with Gasteiger partial charge in [-0.1, -0.05) is 0 Å². The fraction of sp³-hybridized carbons (Fsp3) is 0.0833. The number of halogens is 1. The van der Waals surface area contributed by atoms with E-state index in [1.807, 2.05) is 0 Å². The average Bonchev–Trinajstić information content (AvgIpc) is 2.91. The SMILES string of the molecule is Cc1[nH]nc(N)c1-c1nc2cc(F)c(C(=O)O)cc2s1. The summed E-state index contributed by atoms with van der Waals surface area (Å²) in [7, 11) is 0. The van der Waals surface area contributed by atoms with Crippen LogP contribution in [0.2, 0.25) is 0 Å². The van der Waals surface area contributed by atoms with E-state index in [1.54, 1.807) is 6.92 Å². The van der Waals surface area contributed by atoms with E-state index < -0.39 is 11.8 Å². The van der Waals surface area contributed by atoms with E-state index >= 15 is 0 Å². The maximum Gasteiger partial charge on any atom is 0.338 e. The van der Waals surface area contributed by atoms with Crippen molar-refractivity contribution in [3.8, 4) is 10.6 Å². The largest absolute Gasteiger partial charge is 0.478 e. The smallest absolute Gasteiger partial charge is 0.338 e. The molecule has 2 heterocycles. The van der Waals surface area contributed by atoms with Crippen LogP contribution in [0.3, 0.4) is 0 Å². The summed E-state index contributed by atoms with van der Waals surface area (Å²) in [6.07, 6.45) is 0. The number of nitrogen functional groups attached to an aromatic ring is 1. The third-order valence-electron chi connectivity index (χ3n) is 2.90. The molecule has 0 unspecified atom stereocenters. The molecule has 0 saturated heterocycles. The second-order valence-corrected chi connectivity index (χ2v) is 5.26. The number of aryl methyl sites for hydroxylation is 1. The quantitative estimate of drug-likeness (QED) is 0.672. The Kier molecular flexibility index (Phi) is 2.68. The fourth-order valence-electron chi connectivity index (χ4n) is 1.94. The van der Waals surface area contributed by atoms with Gasteiger partial charge in [0.2, 0.25) is 0 Å². The van der Waals surface area contributed by atoms with E-state index in [1.165, 1.54) is 17.4 Å². The molecule has 0 fully saturated rings. The van der Waals surface area contributed by atoms with Crippen molar-refractivity contribution in [2.75, 3.05) is 5.73 Å². The lowest BCUT2D eigenvalue weighted by atomic mass is 10.2. The van der Waals surface area contributed by atoms with Gasteiger partial charge in [0.1, 0.15) is 10.8 Å². The lowest BCUT2D eigenvalue weighted by Gasteiger charge is -1.95. The summed E-state index contributed by atoms with van der Waals surface area (Å²) in [5.41, 5.74) is 7.19. The Morgan fingerprint density at radius 3 is 2.85 bits per heavy atom. The molecule has 0 atom stereocenters. The number of carbonyl (C=O) groups is 1. The van der Waals surface area contributed by atoms with Gasteiger partial charge in [-0.15, -0.1) is 11.3 Å². The number of anilines is 1. The zero-order valence-corrected chi connectivity index (χ0v) is 11.1. The highest BCUT2D eigenvalue weighted by Gasteiger charge is 2.18. The van der Waals surface area contributed by atoms with Gasteiger partial charge in [-0.05, 0) is 13.0 Å². The van der Waals surface area contributed by atoms with Gasteiger partial charge in [0.05, 0.1) is 21.3 Å². The predicted molar refractivity (Wildman–Crippen MR) is 73.3 cm³/mol.